The Morgan fingerprint density at radius 2 is 2.10 bits per heavy atom. The summed E-state index contributed by atoms with van der Waals surface area (Å²) in [6.45, 7) is 1.86. The molecule has 4 rings (SSSR count). The Kier molecular flexibility index (Phi) is 5.20. The molecule has 10 heteroatoms. The Labute approximate surface area is 165 Å². The molecule has 0 amide bonds. The number of alkyl halides is 3. The predicted octanol–water partition coefficient (Wildman–Crippen LogP) is 3.39. The lowest BCUT2D eigenvalue weighted by molar-refractivity contribution is -0.136. The summed E-state index contributed by atoms with van der Waals surface area (Å²) < 4.78 is 44.2. The van der Waals surface area contributed by atoms with Gasteiger partial charge in [0.15, 0.2) is 11.5 Å². The number of hydrogen-bond donors (Lipinski definition) is 1. The fourth-order valence-electron chi connectivity index (χ4n) is 3.95. The molecule has 1 fully saturated rings. The lowest BCUT2D eigenvalue weighted by Gasteiger charge is -2.31. The molecule has 0 unspecified atom stereocenters. The number of piperidine rings is 1. The monoisotopic (exact) mass is 408 g/mol. The Balaban J connectivity index is 1.59. The second-order valence-electron chi connectivity index (χ2n) is 7.39. The molecular formula is C19H23F3N6O. The number of aromatic nitrogens is 4. The maximum Gasteiger partial charge on any atom is 0.389 e. The van der Waals surface area contributed by atoms with E-state index >= 15 is 0 Å². The predicted molar refractivity (Wildman–Crippen MR) is 103 cm³/mol. The number of benzene rings is 1. The molecule has 1 saturated heterocycles. The zero-order valence-electron chi connectivity index (χ0n) is 16.1. The molecule has 1 aliphatic rings. The highest BCUT2D eigenvalue weighted by molar-refractivity contribution is 5.95. The van der Waals surface area contributed by atoms with Crippen LogP contribution in [-0.2, 0) is 0 Å². The number of halogens is 3. The maximum absolute atomic E-state index is 12.4. The third-order valence-corrected chi connectivity index (χ3v) is 5.33. The Bertz CT molecular complexity index is 1020. The molecule has 0 spiro atoms. The first-order valence-electron chi connectivity index (χ1n) is 9.63. The quantitative estimate of drug-likeness (QED) is 0.697. The van der Waals surface area contributed by atoms with Crippen LogP contribution in [0.4, 0.5) is 19.1 Å². The minimum atomic E-state index is -4.11. The molecule has 0 radical (unpaired) electrons. The van der Waals surface area contributed by atoms with Crippen LogP contribution in [0.25, 0.3) is 16.6 Å². The molecule has 0 saturated carbocycles. The Morgan fingerprint density at radius 1 is 1.28 bits per heavy atom. The van der Waals surface area contributed by atoms with Gasteiger partial charge in [-0.05, 0) is 44.5 Å². The molecule has 156 valence electrons. The topological polar surface area (TPSA) is 81.6 Å². The number of nitrogen functional groups attached to an aromatic ring is 1. The third-order valence-electron chi connectivity index (χ3n) is 5.33. The van der Waals surface area contributed by atoms with Gasteiger partial charge >= 0.3 is 6.18 Å². The van der Waals surface area contributed by atoms with E-state index in [4.69, 9.17) is 15.5 Å². The smallest absolute Gasteiger partial charge is 0.389 e. The van der Waals surface area contributed by atoms with Crippen LogP contribution in [0.1, 0.15) is 37.4 Å². The first-order chi connectivity index (χ1) is 13.9. The van der Waals surface area contributed by atoms with Gasteiger partial charge in [-0.1, -0.05) is 6.07 Å². The Hall–Kier alpha value is -2.62. The summed E-state index contributed by atoms with van der Waals surface area (Å²) in [7, 11) is 1.57. The van der Waals surface area contributed by atoms with Crippen LogP contribution in [0.15, 0.2) is 18.2 Å². The van der Waals surface area contributed by atoms with Gasteiger partial charge in [0.1, 0.15) is 11.3 Å². The van der Waals surface area contributed by atoms with Crippen molar-refractivity contribution in [3.8, 4) is 5.75 Å². The largest absolute Gasteiger partial charge is 0.494 e. The lowest BCUT2D eigenvalue weighted by Crippen LogP contribution is -2.35. The van der Waals surface area contributed by atoms with Crippen molar-refractivity contribution in [2.45, 2.75) is 37.8 Å². The molecule has 1 aliphatic heterocycles. The van der Waals surface area contributed by atoms with E-state index in [1.54, 1.807) is 7.11 Å². The second-order valence-corrected chi connectivity index (χ2v) is 7.39. The number of para-hydroxylation sites is 1. The van der Waals surface area contributed by atoms with Crippen LogP contribution in [0.5, 0.6) is 5.75 Å². The van der Waals surface area contributed by atoms with Gasteiger partial charge in [-0.25, -0.2) is 9.97 Å². The van der Waals surface area contributed by atoms with E-state index in [1.165, 1.54) is 4.52 Å². The fourth-order valence-corrected chi connectivity index (χ4v) is 3.95. The minimum absolute atomic E-state index is 0.0506. The second kappa shape index (κ2) is 7.66. The van der Waals surface area contributed by atoms with Gasteiger partial charge in [0.05, 0.1) is 7.11 Å². The molecule has 0 bridgehead atoms. The molecule has 3 aromatic rings. The number of nitrogens with zero attached hydrogens (tertiary/aromatic N) is 5. The molecule has 2 aromatic heterocycles. The summed E-state index contributed by atoms with van der Waals surface area (Å²) in [4.78, 5) is 11.2. The van der Waals surface area contributed by atoms with Gasteiger partial charge < -0.3 is 15.4 Å². The summed E-state index contributed by atoms with van der Waals surface area (Å²) in [6.07, 6.45) is -2.96. The summed E-state index contributed by atoms with van der Waals surface area (Å²) >= 11 is 0. The third kappa shape index (κ3) is 4.07. The van der Waals surface area contributed by atoms with Crippen LogP contribution < -0.4 is 10.5 Å². The van der Waals surface area contributed by atoms with E-state index in [-0.39, 0.29) is 18.3 Å². The summed E-state index contributed by atoms with van der Waals surface area (Å²) in [6, 6.07) is 5.56. The molecule has 2 N–H and O–H groups in total. The molecule has 29 heavy (non-hydrogen) atoms. The fraction of sp³-hybridized carbons (Fsp3) is 0.526. The lowest BCUT2D eigenvalue weighted by atomic mass is 9.97. The first-order valence-corrected chi connectivity index (χ1v) is 9.63. The van der Waals surface area contributed by atoms with E-state index in [0.717, 1.165) is 24.8 Å². The van der Waals surface area contributed by atoms with E-state index in [9.17, 15) is 13.2 Å². The van der Waals surface area contributed by atoms with Crippen molar-refractivity contribution in [1.29, 1.82) is 0 Å². The zero-order chi connectivity index (χ0) is 20.6. The van der Waals surface area contributed by atoms with Crippen LogP contribution in [0, 0.1) is 0 Å². The molecule has 3 heterocycles. The van der Waals surface area contributed by atoms with Crippen LogP contribution in [-0.4, -0.2) is 57.4 Å². The van der Waals surface area contributed by atoms with Gasteiger partial charge in [-0.2, -0.15) is 17.7 Å². The average Bonchev–Trinajstić information content (AvgIpc) is 3.13. The number of rotatable bonds is 5. The number of anilines is 1. The van der Waals surface area contributed by atoms with Crippen molar-refractivity contribution in [2.75, 3.05) is 32.5 Å². The van der Waals surface area contributed by atoms with E-state index < -0.39 is 12.6 Å². The molecule has 0 aliphatic carbocycles. The SMILES string of the molecule is COc1cccc2c1nc(N)n1nc([C@@H]3CCCN(CCCC(F)(F)F)C3)nc21. The van der Waals surface area contributed by atoms with Crippen LogP contribution >= 0.6 is 0 Å². The van der Waals surface area contributed by atoms with Crippen molar-refractivity contribution in [1.82, 2.24) is 24.5 Å². The number of methoxy groups -OCH3 is 1. The summed E-state index contributed by atoms with van der Waals surface area (Å²) in [5, 5.41) is 5.35. The average molecular weight is 408 g/mol. The summed E-state index contributed by atoms with van der Waals surface area (Å²) in [5.41, 5.74) is 7.33. The molecular weight excluding hydrogens is 385 g/mol. The first kappa shape index (κ1) is 19.7. The van der Waals surface area contributed by atoms with Crippen molar-refractivity contribution in [2.24, 2.45) is 0 Å². The van der Waals surface area contributed by atoms with Crippen molar-refractivity contribution in [3.05, 3.63) is 24.0 Å². The minimum Gasteiger partial charge on any atom is -0.494 e. The van der Waals surface area contributed by atoms with Gasteiger partial charge in [0, 0.05) is 24.3 Å². The molecule has 1 aromatic carbocycles. The van der Waals surface area contributed by atoms with Gasteiger partial charge in [0.2, 0.25) is 5.95 Å². The number of fused-ring (bicyclic) bond motifs is 3. The van der Waals surface area contributed by atoms with E-state index in [1.807, 2.05) is 18.2 Å². The number of ether oxygens (including phenoxy) is 1. The maximum atomic E-state index is 12.4. The normalized spacial score (nSPS) is 18.6. The van der Waals surface area contributed by atoms with Gasteiger partial charge in [-0.15, -0.1) is 5.10 Å². The highest BCUT2D eigenvalue weighted by Gasteiger charge is 2.29. The highest BCUT2D eigenvalue weighted by atomic mass is 19.4. The van der Waals surface area contributed by atoms with Gasteiger partial charge in [0.25, 0.3) is 0 Å². The standard InChI is InChI=1S/C19H23F3N6O/c1-29-14-7-2-6-13-15(14)24-18(23)28-17(13)25-16(26-28)12-5-3-9-27(11-12)10-4-8-19(20,21)22/h2,6-7,12H,3-5,8-11H2,1H3,(H2,23,24)/t12-/m1/s1. The number of hydrogen-bond acceptors (Lipinski definition) is 6. The van der Waals surface area contributed by atoms with Gasteiger partial charge in [-0.3, -0.25) is 0 Å². The van der Waals surface area contributed by atoms with E-state index in [2.05, 4.69) is 15.0 Å². The van der Waals surface area contributed by atoms with E-state index in [0.29, 0.717) is 35.8 Å². The van der Waals surface area contributed by atoms with Crippen molar-refractivity contribution < 1.29 is 17.9 Å². The Morgan fingerprint density at radius 3 is 2.86 bits per heavy atom. The van der Waals surface area contributed by atoms with Crippen molar-refractivity contribution in [3.63, 3.8) is 0 Å². The van der Waals surface area contributed by atoms with Crippen molar-refractivity contribution >= 4 is 22.5 Å². The summed E-state index contributed by atoms with van der Waals surface area (Å²) in [5.74, 6) is 1.52. The van der Waals surface area contributed by atoms with Crippen LogP contribution in [0.2, 0.25) is 0 Å². The highest BCUT2D eigenvalue weighted by Crippen LogP contribution is 2.30. The number of likely N-dealkylation sites (tertiary alicyclic amines) is 1. The zero-order valence-corrected chi connectivity index (χ0v) is 16.1. The molecule has 7 nitrogen and oxygen atoms in total. The number of nitrogens with two attached hydrogens (primary N) is 1. The molecule has 1 atom stereocenters. The van der Waals surface area contributed by atoms with Crippen LogP contribution in [0.3, 0.4) is 0 Å².